The lowest BCUT2D eigenvalue weighted by Crippen LogP contribution is -2.42. The summed E-state index contributed by atoms with van der Waals surface area (Å²) in [7, 11) is 2.05. The van der Waals surface area contributed by atoms with Gasteiger partial charge in [0.1, 0.15) is 0 Å². The molecule has 2 aliphatic rings. The average molecular weight is 620 g/mol. The highest BCUT2D eigenvalue weighted by molar-refractivity contribution is 5.98. The molecule has 1 saturated heterocycles. The van der Waals surface area contributed by atoms with Crippen molar-refractivity contribution in [3.8, 4) is 11.1 Å². The molecule has 2 amide bonds. The lowest BCUT2D eigenvalue weighted by molar-refractivity contribution is 0.0360. The van der Waals surface area contributed by atoms with Crippen molar-refractivity contribution in [1.82, 2.24) is 30.3 Å². The number of carbonyl (C=O) groups is 2. The minimum atomic E-state index is -0.987. The molecular weight excluding hydrogens is 574 g/mol. The first-order valence-corrected chi connectivity index (χ1v) is 15.8. The van der Waals surface area contributed by atoms with E-state index in [1.165, 1.54) is 0 Å². The number of pyridine rings is 1. The minimum Gasteiger partial charge on any atom is -0.465 e. The number of nitrogens with one attached hydrogen (secondary N) is 3. The second kappa shape index (κ2) is 14.3. The van der Waals surface area contributed by atoms with Gasteiger partial charge >= 0.3 is 6.09 Å². The van der Waals surface area contributed by atoms with Crippen molar-refractivity contribution in [1.29, 1.82) is 0 Å². The first-order valence-electron chi connectivity index (χ1n) is 15.8. The molecule has 0 bridgehead atoms. The number of rotatable bonds is 10. The third-order valence-electron chi connectivity index (χ3n) is 9.21. The van der Waals surface area contributed by atoms with Crippen molar-refractivity contribution in [2.75, 3.05) is 44.8 Å². The molecular formula is C33H45N7O5. The number of aryl methyl sites for hydroxylation is 2. The summed E-state index contributed by atoms with van der Waals surface area (Å²) in [6.07, 6.45) is 6.06. The van der Waals surface area contributed by atoms with Crippen LogP contribution in [0.1, 0.15) is 58.4 Å². The average Bonchev–Trinajstić information content (AvgIpc) is 3.49. The van der Waals surface area contributed by atoms with Gasteiger partial charge in [0.2, 0.25) is 0 Å². The molecule has 1 saturated carbocycles. The number of benzene rings is 1. The van der Waals surface area contributed by atoms with Crippen LogP contribution < -0.4 is 21.1 Å². The van der Waals surface area contributed by atoms with Crippen molar-refractivity contribution in [2.45, 2.75) is 71.6 Å². The molecule has 3 heterocycles. The van der Waals surface area contributed by atoms with Crippen LogP contribution in [0.4, 0.5) is 10.5 Å². The molecule has 3 aromatic rings. The Labute approximate surface area is 263 Å². The zero-order valence-corrected chi connectivity index (χ0v) is 26.7. The van der Waals surface area contributed by atoms with Crippen LogP contribution in [0.5, 0.6) is 0 Å². The third-order valence-corrected chi connectivity index (χ3v) is 9.21. The van der Waals surface area contributed by atoms with Gasteiger partial charge in [0, 0.05) is 79.6 Å². The monoisotopic (exact) mass is 619 g/mol. The van der Waals surface area contributed by atoms with E-state index in [1.807, 2.05) is 57.0 Å². The van der Waals surface area contributed by atoms with Crippen LogP contribution in [0.2, 0.25) is 0 Å². The van der Waals surface area contributed by atoms with Crippen molar-refractivity contribution >= 4 is 17.7 Å². The first-order chi connectivity index (χ1) is 21.6. The Balaban J connectivity index is 1.40. The summed E-state index contributed by atoms with van der Waals surface area (Å²) in [5.41, 5.74) is 6.08. The zero-order valence-electron chi connectivity index (χ0n) is 26.7. The maximum Gasteiger partial charge on any atom is 0.404 e. The van der Waals surface area contributed by atoms with Crippen LogP contribution in [0.15, 0.2) is 35.4 Å². The molecule has 242 valence electrons. The van der Waals surface area contributed by atoms with Crippen LogP contribution in [0, 0.1) is 20.8 Å². The van der Waals surface area contributed by atoms with E-state index in [4.69, 9.17) is 9.84 Å². The molecule has 4 N–H and O–H groups in total. The van der Waals surface area contributed by atoms with E-state index in [2.05, 4.69) is 36.6 Å². The van der Waals surface area contributed by atoms with E-state index in [9.17, 15) is 14.4 Å². The van der Waals surface area contributed by atoms with Crippen LogP contribution >= 0.6 is 0 Å². The summed E-state index contributed by atoms with van der Waals surface area (Å²) < 4.78 is 7.40. The Morgan fingerprint density at radius 2 is 1.80 bits per heavy atom. The Hall–Kier alpha value is -4.16. The summed E-state index contributed by atoms with van der Waals surface area (Å²) >= 11 is 0. The molecule has 1 aliphatic heterocycles. The standard InChI is InChI=1S/C33H45N7O5/c1-21-15-22(2)36-32(42)29(21)19-34-31(41)28-16-24(25-18-35-40(20-25)10-9-39-11-13-45-14-12-39)17-30(23(28)3)38(4)27-7-5-26(6-8-27)37-33(43)44/h15-18,20,26-27,37H,5-14,19H2,1-4H3,(H,34,41)(H,36,42)(H,43,44). The molecule has 0 radical (unpaired) electrons. The Kier molecular flexibility index (Phi) is 10.2. The molecule has 1 aromatic carbocycles. The zero-order chi connectivity index (χ0) is 32.1. The van der Waals surface area contributed by atoms with Gasteiger partial charge in [-0.3, -0.25) is 19.2 Å². The van der Waals surface area contributed by atoms with Crippen LogP contribution in [0.25, 0.3) is 11.1 Å². The fourth-order valence-corrected chi connectivity index (χ4v) is 6.52. The summed E-state index contributed by atoms with van der Waals surface area (Å²) in [5.74, 6) is -0.252. The lowest BCUT2D eigenvalue weighted by atomic mass is 9.89. The van der Waals surface area contributed by atoms with Crippen molar-refractivity contribution < 1.29 is 19.4 Å². The number of aromatic amines is 1. The maximum atomic E-state index is 13.7. The van der Waals surface area contributed by atoms with Gasteiger partial charge in [-0.25, -0.2) is 4.79 Å². The molecule has 5 rings (SSSR count). The summed E-state index contributed by atoms with van der Waals surface area (Å²) in [6, 6.07) is 6.08. The quantitative estimate of drug-likeness (QED) is 0.270. The number of carboxylic acid groups (broad SMARTS) is 1. The number of ether oxygens (including phenoxy) is 1. The number of carbonyl (C=O) groups excluding carboxylic acids is 1. The van der Waals surface area contributed by atoms with Gasteiger partial charge in [-0.15, -0.1) is 0 Å². The smallest absolute Gasteiger partial charge is 0.404 e. The molecule has 12 nitrogen and oxygen atoms in total. The fourth-order valence-electron chi connectivity index (χ4n) is 6.52. The van der Waals surface area contributed by atoms with Crippen molar-refractivity contribution in [2.24, 2.45) is 0 Å². The van der Waals surface area contributed by atoms with Gasteiger partial charge in [-0.2, -0.15) is 5.10 Å². The van der Waals surface area contributed by atoms with Gasteiger partial charge in [-0.05, 0) is 81.3 Å². The predicted molar refractivity (Wildman–Crippen MR) is 173 cm³/mol. The molecule has 45 heavy (non-hydrogen) atoms. The van der Waals surface area contributed by atoms with Crippen LogP contribution in [-0.2, 0) is 17.8 Å². The summed E-state index contributed by atoms with van der Waals surface area (Å²) in [5, 5.41) is 19.4. The van der Waals surface area contributed by atoms with E-state index in [-0.39, 0.29) is 30.1 Å². The number of nitrogens with zero attached hydrogens (tertiary/aromatic N) is 4. The fraction of sp³-hybridized carbons (Fsp3) is 0.515. The van der Waals surface area contributed by atoms with Gasteiger partial charge in [0.05, 0.1) is 26.0 Å². The number of morpholine rings is 1. The topological polar surface area (TPSA) is 145 Å². The van der Waals surface area contributed by atoms with E-state index in [1.54, 1.807) is 0 Å². The predicted octanol–water partition coefficient (Wildman–Crippen LogP) is 3.44. The van der Waals surface area contributed by atoms with Crippen molar-refractivity contribution in [3.63, 3.8) is 0 Å². The van der Waals surface area contributed by atoms with Gasteiger partial charge in [0.15, 0.2) is 0 Å². The maximum absolute atomic E-state index is 13.7. The second-order valence-electron chi connectivity index (χ2n) is 12.3. The van der Waals surface area contributed by atoms with Crippen molar-refractivity contribution in [3.05, 3.63) is 68.9 Å². The molecule has 0 atom stereocenters. The molecule has 12 heteroatoms. The summed E-state index contributed by atoms with van der Waals surface area (Å²) in [4.78, 5) is 44.9. The van der Waals surface area contributed by atoms with E-state index in [0.29, 0.717) is 11.1 Å². The molecule has 2 fully saturated rings. The lowest BCUT2D eigenvalue weighted by Gasteiger charge is -2.37. The third kappa shape index (κ3) is 7.93. The minimum absolute atomic E-state index is 0.0439. The molecule has 2 aromatic heterocycles. The van der Waals surface area contributed by atoms with Gasteiger partial charge in [0.25, 0.3) is 11.5 Å². The number of amides is 2. The largest absolute Gasteiger partial charge is 0.465 e. The number of hydrogen-bond acceptors (Lipinski definition) is 7. The Morgan fingerprint density at radius 3 is 2.49 bits per heavy atom. The van der Waals surface area contributed by atoms with Gasteiger partial charge in [-0.1, -0.05) is 0 Å². The first kappa shape index (κ1) is 32.2. The summed E-state index contributed by atoms with van der Waals surface area (Å²) in [6.45, 7) is 10.8. The highest BCUT2D eigenvalue weighted by Crippen LogP contribution is 2.34. The molecule has 0 spiro atoms. The normalized spacial score (nSPS) is 18.8. The molecule has 1 aliphatic carbocycles. The highest BCUT2D eigenvalue weighted by Gasteiger charge is 2.27. The van der Waals surface area contributed by atoms with E-state index < -0.39 is 6.09 Å². The number of aromatic nitrogens is 3. The van der Waals surface area contributed by atoms with Crippen LogP contribution in [-0.4, -0.2) is 88.8 Å². The van der Waals surface area contributed by atoms with E-state index in [0.717, 1.165) is 98.7 Å². The Bertz CT molecular complexity index is 1570. The van der Waals surface area contributed by atoms with E-state index >= 15 is 0 Å². The van der Waals surface area contributed by atoms with Gasteiger partial charge < -0.3 is 30.4 Å². The number of anilines is 1. The molecule has 0 unspecified atom stereocenters. The SMILES string of the molecule is Cc1cc(C)c(CNC(=O)c2cc(-c3cnn(CCN4CCOCC4)c3)cc(N(C)C3CCC(NC(=O)O)CC3)c2C)c(=O)[nH]1. The highest BCUT2D eigenvalue weighted by atomic mass is 16.5. The Morgan fingerprint density at radius 1 is 1.07 bits per heavy atom. The number of H-pyrrole nitrogens is 1. The number of hydrogen-bond donors (Lipinski definition) is 4. The van der Waals surface area contributed by atoms with Crippen LogP contribution in [0.3, 0.4) is 0 Å². The second-order valence-corrected chi connectivity index (χ2v) is 12.3.